The molecular weight excluding hydrogens is 805 g/mol. The first kappa shape index (κ1) is 37.7. The predicted molar refractivity (Wildman–Crippen MR) is 272 cm³/mol. The van der Waals surface area contributed by atoms with Crippen molar-refractivity contribution in [3.63, 3.8) is 0 Å². The van der Waals surface area contributed by atoms with E-state index in [4.69, 9.17) is 9.97 Å². The SMILES string of the molecule is CC1(C)c2ccccc2C(c2ccccc2)c2cc3c4cccnc4n(-c4cccc([Si](c5ccccc5)(c5ccccc5)c5ccc6c7ccccc7n7ccnc7c6c5)c4)c3cc21. The van der Waals surface area contributed by atoms with E-state index >= 15 is 0 Å². The molecule has 12 aromatic rings. The maximum atomic E-state index is 5.19. The van der Waals surface area contributed by atoms with Crippen LogP contribution in [0, 0.1) is 0 Å². The highest BCUT2D eigenvalue weighted by Crippen LogP contribution is 2.51. The van der Waals surface area contributed by atoms with Gasteiger partial charge < -0.3 is 0 Å². The number of pyridine rings is 2. The fraction of sp³-hybridized carbons (Fsp3) is 0.0667. The molecule has 4 aromatic heterocycles. The Hall–Kier alpha value is -7.86. The second kappa shape index (κ2) is 14.3. The molecule has 0 bridgehead atoms. The normalized spacial score (nSPS) is 14.6. The average molecular weight is 849 g/mol. The van der Waals surface area contributed by atoms with Gasteiger partial charge in [-0.2, -0.15) is 0 Å². The van der Waals surface area contributed by atoms with Crippen LogP contribution in [0.5, 0.6) is 0 Å². The highest BCUT2D eigenvalue weighted by atomic mass is 28.3. The molecule has 1 unspecified atom stereocenters. The van der Waals surface area contributed by atoms with Crippen molar-refractivity contribution in [1.29, 1.82) is 0 Å². The lowest BCUT2D eigenvalue weighted by molar-refractivity contribution is 0.598. The molecule has 8 aromatic carbocycles. The molecule has 0 spiro atoms. The zero-order valence-corrected chi connectivity index (χ0v) is 37.2. The van der Waals surface area contributed by atoms with Crippen LogP contribution in [-0.2, 0) is 5.41 Å². The summed E-state index contributed by atoms with van der Waals surface area (Å²) in [7, 11) is -3.03. The monoisotopic (exact) mass is 848 g/mol. The summed E-state index contributed by atoms with van der Waals surface area (Å²) in [6.07, 6.45) is 5.95. The summed E-state index contributed by atoms with van der Waals surface area (Å²) in [4.78, 5) is 10.2. The largest absolute Gasteiger partial charge is 0.299 e. The Labute approximate surface area is 378 Å². The minimum absolute atomic E-state index is 0.115. The van der Waals surface area contributed by atoms with E-state index < -0.39 is 8.07 Å². The molecule has 0 radical (unpaired) electrons. The van der Waals surface area contributed by atoms with Crippen molar-refractivity contribution in [1.82, 2.24) is 18.9 Å². The summed E-state index contributed by atoms with van der Waals surface area (Å²) < 4.78 is 4.67. The van der Waals surface area contributed by atoms with E-state index in [0.29, 0.717) is 0 Å². The number of para-hydroxylation sites is 1. The molecule has 0 fully saturated rings. The minimum atomic E-state index is -3.03. The van der Waals surface area contributed by atoms with Crippen LogP contribution in [0.4, 0.5) is 0 Å². The van der Waals surface area contributed by atoms with Crippen LogP contribution in [0.15, 0.2) is 225 Å². The Kier molecular flexibility index (Phi) is 8.30. The number of fused-ring (bicyclic) bond motifs is 11. The highest BCUT2D eigenvalue weighted by Gasteiger charge is 2.43. The van der Waals surface area contributed by atoms with Crippen molar-refractivity contribution in [2.75, 3.05) is 0 Å². The Morgan fingerprint density at radius 1 is 0.431 bits per heavy atom. The molecule has 1 atom stereocenters. The van der Waals surface area contributed by atoms with Crippen molar-refractivity contribution in [3.05, 3.63) is 253 Å². The van der Waals surface area contributed by atoms with Gasteiger partial charge >= 0.3 is 0 Å². The van der Waals surface area contributed by atoms with Gasteiger partial charge in [0.2, 0.25) is 0 Å². The van der Waals surface area contributed by atoms with E-state index in [1.807, 2.05) is 12.4 Å². The zero-order valence-electron chi connectivity index (χ0n) is 36.2. The summed E-state index contributed by atoms with van der Waals surface area (Å²) in [5.41, 5.74) is 11.9. The van der Waals surface area contributed by atoms with Crippen LogP contribution in [-0.4, -0.2) is 27.0 Å². The zero-order chi connectivity index (χ0) is 43.3. The third kappa shape index (κ3) is 5.43. The van der Waals surface area contributed by atoms with Crippen LogP contribution in [0.1, 0.15) is 47.6 Å². The fourth-order valence-electron chi connectivity index (χ4n) is 11.6. The molecule has 0 N–H and O–H groups in total. The summed E-state index contributed by atoms with van der Waals surface area (Å²) in [6, 6.07) is 77.2. The summed E-state index contributed by atoms with van der Waals surface area (Å²) in [5.74, 6) is 0.115. The Morgan fingerprint density at radius 2 is 1.09 bits per heavy atom. The topological polar surface area (TPSA) is 35.1 Å². The molecular formula is C60H44N4Si. The van der Waals surface area contributed by atoms with Crippen LogP contribution in [0.3, 0.4) is 0 Å². The van der Waals surface area contributed by atoms with Crippen molar-refractivity contribution in [3.8, 4) is 5.69 Å². The molecule has 308 valence electrons. The lowest BCUT2D eigenvalue weighted by Crippen LogP contribution is -2.74. The molecule has 0 amide bonds. The van der Waals surface area contributed by atoms with Crippen LogP contribution in [0.25, 0.3) is 54.9 Å². The van der Waals surface area contributed by atoms with E-state index in [9.17, 15) is 0 Å². The van der Waals surface area contributed by atoms with Crippen molar-refractivity contribution in [2.24, 2.45) is 0 Å². The first-order chi connectivity index (χ1) is 32.0. The van der Waals surface area contributed by atoms with E-state index in [1.54, 1.807) is 0 Å². The molecule has 5 heteroatoms. The smallest absolute Gasteiger partial charge is 0.179 e. The van der Waals surface area contributed by atoms with Gasteiger partial charge in [0.25, 0.3) is 0 Å². The molecule has 0 saturated heterocycles. The number of imidazole rings is 1. The third-order valence-electron chi connectivity index (χ3n) is 14.5. The number of rotatable bonds is 6. The third-order valence-corrected chi connectivity index (χ3v) is 19.3. The Bertz CT molecular complexity index is 3770. The molecule has 0 saturated carbocycles. The summed E-state index contributed by atoms with van der Waals surface area (Å²) >= 11 is 0. The number of benzene rings is 8. The molecule has 65 heavy (non-hydrogen) atoms. The molecule has 13 rings (SSSR count). The van der Waals surface area contributed by atoms with Crippen LogP contribution >= 0.6 is 0 Å². The predicted octanol–water partition coefficient (Wildman–Crippen LogP) is 11.3. The first-order valence-corrected chi connectivity index (χ1v) is 24.6. The lowest BCUT2D eigenvalue weighted by Gasteiger charge is -2.40. The van der Waals surface area contributed by atoms with Crippen LogP contribution in [0.2, 0.25) is 0 Å². The van der Waals surface area contributed by atoms with Gasteiger partial charge in [0.15, 0.2) is 8.07 Å². The highest BCUT2D eigenvalue weighted by molar-refractivity contribution is 7.20. The molecule has 1 aliphatic rings. The van der Waals surface area contributed by atoms with Gasteiger partial charge in [0.05, 0.1) is 11.0 Å². The van der Waals surface area contributed by atoms with E-state index in [1.165, 1.54) is 70.2 Å². The number of nitrogens with zero attached hydrogens (tertiary/aromatic N) is 4. The van der Waals surface area contributed by atoms with Gasteiger partial charge in [-0.3, -0.25) is 8.97 Å². The summed E-state index contributed by atoms with van der Waals surface area (Å²) in [6.45, 7) is 4.79. The minimum Gasteiger partial charge on any atom is -0.299 e. The van der Waals surface area contributed by atoms with E-state index in [-0.39, 0.29) is 11.3 Å². The van der Waals surface area contributed by atoms with Gasteiger partial charge in [-0.1, -0.05) is 178 Å². The van der Waals surface area contributed by atoms with Crippen molar-refractivity contribution < 1.29 is 0 Å². The number of hydrogen-bond acceptors (Lipinski definition) is 2. The second-order valence-electron chi connectivity index (χ2n) is 18.2. The Balaban J connectivity index is 1.10. The van der Waals surface area contributed by atoms with E-state index in [0.717, 1.165) is 33.3 Å². The molecule has 1 aliphatic carbocycles. The van der Waals surface area contributed by atoms with Crippen LogP contribution < -0.4 is 20.7 Å². The fourth-order valence-corrected chi connectivity index (χ4v) is 16.4. The van der Waals surface area contributed by atoms with Crippen molar-refractivity contribution >= 4 is 78.1 Å². The van der Waals surface area contributed by atoms with Gasteiger partial charge in [0, 0.05) is 57.2 Å². The summed E-state index contributed by atoms with van der Waals surface area (Å²) in [5, 5.41) is 11.2. The standard InChI is InChI=1S/C60H44N4Si/c1-60(2)53-29-14-12-27-49(53)57(40-18-6-3-7-19-40)52-38-50-48-28-17-33-61-59(48)64(56(50)39-54(52)60)41-20-16-25-44(36-41)65(42-21-8-4-9-22-42,43-23-10-5-11-24-43)45-31-32-46-47-26-13-15-30-55(47)63-35-34-62-58(63)51(46)37-45/h3-39,57H,1-2H3. The van der Waals surface area contributed by atoms with Gasteiger partial charge in [-0.15, -0.1) is 0 Å². The van der Waals surface area contributed by atoms with Crippen molar-refractivity contribution in [2.45, 2.75) is 25.2 Å². The van der Waals surface area contributed by atoms with Gasteiger partial charge in [-0.25, -0.2) is 9.97 Å². The lowest BCUT2D eigenvalue weighted by atomic mass is 9.63. The quantitative estimate of drug-likeness (QED) is 0.0949. The maximum absolute atomic E-state index is 5.19. The second-order valence-corrected chi connectivity index (χ2v) is 22.0. The van der Waals surface area contributed by atoms with Gasteiger partial charge in [0.1, 0.15) is 11.3 Å². The maximum Gasteiger partial charge on any atom is 0.179 e. The first-order valence-electron chi connectivity index (χ1n) is 22.6. The Morgan fingerprint density at radius 3 is 1.89 bits per heavy atom. The average Bonchev–Trinajstić information content (AvgIpc) is 3.99. The van der Waals surface area contributed by atoms with E-state index in [2.05, 4.69) is 235 Å². The molecule has 0 aliphatic heterocycles. The van der Waals surface area contributed by atoms with Gasteiger partial charge in [-0.05, 0) is 96.4 Å². The molecule has 4 heterocycles. The molecule has 4 nitrogen and oxygen atoms in total. The number of hydrogen-bond donors (Lipinski definition) is 0. The number of aromatic nitrogens is 4.